The van der Waals surface area contributed by atoms with Crippen LogP contribution in [-0.2, 0) is 4.57 Å². The van der Waals surface area contributed by atoms with Crippen molar-refractivity contribution in [3.63, 3.8) is 0 Å². The molecule has 0 bridgehead atoms. The minimum Gasteiger partial charge on any atom is -0.305 e. The zero-order valence-electron chi connectivity index (χ0n) is 18.1. The maximum absolute atomic E-state index is 15.2. The summed E-state index contributed by atoms with van der Waals surface area (Å²) in [7, 11) is -2.83. The van der Waals surface area contributed by atoms with Gasteiger partial charge < -0.3 is 4.57 Å². The van der Waals surface area contributed by atoms with Gasteiger partial charge >= 0.3 is 0 Å². The number of hydrogen-bond acceptors (Lipinski definition) is 1. The first kappa shape index (κ1) is 20.2. The number of hydrogen-bond donors (Lipinski definition) is 0. The lowest BCUT2D eigenvalue weighted by Gasteiger charge is -2.36. The van der Waals surface area contributed by atoms with Gasteiger partial charge in [-0.2, -0.15) is 0 Å². The standard InChI is InChI=1S/C28H28NOP/c1-3-29(4-2)31(30)27(25-17-9-13-21-11-5-7-15-23(21)25)19-20-28(31)26-18-10-14-22-12-6-8-16-24(22)26/h5-20,27-28H,3-4H2,1-2H3/t27-,28+,31?. The van der Waals surface area contributed by atoms with Crippen LogP contribution in [0.15, 0.2) is 97.1 Å². The van der Waals surface area contributed by atoms with Crippen LogP contribution < -0.4 is 0 Å². The number of fused-ring (bicyclic) bond motifs is 2. The van der Waals surface area contributed by atoms with E-state index in [1.807, 2.05) is 0 Å². The second kappa shape index (κ2) is 8.11. The number of nitrogens with zero attached hydrogens (tertiary/aromatic N) is 1. The molecule has 0 saturated carbocycles. The summed E-state index contributed by atoms with van der Waals surface area (Å²) in [5, 5.41) is 4.80. The second-order valence-electron chi connectivity index (χ2n) is 8.22. The van der Waals surface area contributed by atoms with E-state index in [2.05, 4.69) is 116 Å². The molecule has 0 N–H and O–H groups in total. The molecule has 4 aromatic carbocycles. The van der Waals surface area contributed by atoms with Crippen molar-refractivity contribution >= 4 is 28.8 Å². The Balaban J connectivity index is 1.73. The van der Waals surface area contributed by atoms with Gasteiger partial charge in [-0.1, -0.05) is 111 Å². The molecule has 0 aliphatic carbocycles. The summed E-state index contributed by atoms with van der Waals surface area (Å²) in [6.07, 6.45) is 4.43. The summed E-state index contributed by atoms with van der Waals surface area (Å²) in [5.74, 6) is 0. The Kier molecular flexibility index (Phi) is 5.30. The van der Waals surface area contributed by atoms with Crippen molar-refractivity contribution in [3.8, 4) is 0 Å². The highest BCUT2D eigenvalue weighted by Gasteiger charge is 2.48. The summed E-state index contributed by atoms with van der Waals surface area (Å²) >= 11 is 0. The molecule has 0 radical (unpaired) electrons. The highest BCUT2D eigenvalue weighted by Crippen LogP contribution is 2.75. The Hall–Kier alpha value is -2.67. The molecule has 2 nitrogen and oxygen atoms in total. The van der Waals surface area contributed by atoms with Crippen molar-refractivity contribution in [2.45, 2.75) is 25.2 Å². The average molecular weight is 426 g/mol. The van der Waals surface area contributed by atoms with Crippen LogP contribution in [0.2, 0.25) is 0 Å². The molecule has 0 amide bonds. The first-order chi connectivity index (χ1) is 15.2. The molecule has 3 heteroatoms. The largest absolute Gasteiger partial charge is 0.305 e. The summed E-state index contributed by atoms with van der Waals surface area (Å²) in [6.45, 7) is 5.81. The van der Waals surface area contributed by atoms with Crippen molar-refractivity contribution in [2.24, 2.45) is 0 Å². The highest BCUT2D eigenvalue weighted by atomic mass is 31.2. The van der Waals surface area contributed by atoms with Crippen molar-refractivity contribution in [2.75, 3.05) is 13.1 Å². The Morgan fingerprint density at radius 1 is 0.645 bits per heavy atom. The number of rotatable bonds is 5. The first-order valence-electron chi connectivity index (χ1n) is 11.2. The fourth-order valence-electron chi connectivity index (χ4n) is 5.27. The Labute approximate surface area is 184 Å². The van der Waals surface area contributed by atoms with E-state index < -0.39 is 7.29 Å². The van der Waals surface area contributed by atoms with E-state index in [1.165, 1.54) is 32.7 Å². The average Bonchev–Trinajstić information content (AvgIpc) is 3.16. The summed E-state index contributed by atoms with van der Waals surface area (Å²) in [4.78, 5) is 0. The molecule has 0 aromatic heterocycles. The maximum atomic E-state index is 15.2. The van der Waals surface area contributed by atoms with Crippen LogP contribution in [0.4, 0.5) is 0 Å². The van der Waals surface area contributed by atoms with Gasteiger partial charge in [0.05, 0.1) is 11.3 Å². The normalized spacial score (nSPS) is 23.2. The lowest BCUT2D eigenvalue weighted by molar-refractivity contribution is 0.435. The van der Waals surface area contributed by atoms with Gasteiger partial charge in [0.1, 0.15) is 0 Å². The maximum Gasteiger partial charge on any atom is 0.172 e. The zero-order chi connectivity index (χ0) is 21.4. The SMILES string of the molecule is CCN(CC)P1(=O)[C@@H](c2cccc3ccccc23)C=C[C@H]1c1cccc2ccccc12. The van der Waals surface area contributed by atoms with Crippen LogP contribution in [0.5, 0.6) is 0 Å². The predicted molar refractivity (Wildman–Crippen MR) is 133 cm³/mol. The van der Waals surface area contributed by atoms with Crippen molar-refractivity contribution < 1.29 is 4.57 Å². The van der Waals surface area contributed by atoms with Gasteiger partial charge in [0.15, 0.2) is 7.29 Å². The second-order valence-corrected chi connectivity index (χ2v) is 11.2. The van der Waals surface area contributed by atoms with Crippen molar-refractivity contribution in [1.29, 1.82) is 0 Å². The Morgan fingerprint density at radius 2 is 1.06 bits per heavy atom. The van der Waals surface area contributed by atoms with E-state index in [4.69, 9.17) is 0 Å². The quantitative estimate of drug-likeness (QED) is 0.239. The molecule has 0 saturated heterocycles. The van der Waals surface area contributed by atoms with Crippen LogP contribution >= 0.6 is 7.29 Å². The molecule has 1 heterocycles. The topological polar surface area (TPSA) is 20.3 Å². The third-order valence-electron chi connectivity index (χ3n) is 6.73. The van der Waals surface area contributed by atoms with Crippen LogP contribution in [0.3, 0.4) is 0 Å². The molecule has 4 aromatic rings. The molecular formula is C28H28NOP. The fraction of sp³-hybridized carbons (Fsp3) is 0.214. The lowest BCUT2D eigenvalue weighted by Crippen LogP contribution is -2.24. The van der Waals surface area contributed by atoms with Gasteiger partial charge in [-0.15, -0.1) is 0 Å². The van der Waals surface area contributed by atoms with E-state index in [0.717, 1.165) is 13.1 Å². The van der Waals surface area contributed by atoms with Gasteiger partial charge in [-0.05, 0) is 32.7 Å². The van der Waals surface area contributed by atoms with E-state index in [1.54, 1.807) is 0 Å². The lowest BCUT2D eigenvalue weighted by atomic mass is 10.0. The van der Waals surface area contributed by atoms with Crippen molar-refractivity contribution in [3.05, 3.63) is 108 Å². The van der Waals surface area contributed by atoms with Crippen molar-refractivity contribution in [1.82, 2.24) is 4.67 Å². The van der Waals surface area contributed by atoms with Gasteiger partial charge in [-0.3, -0.25) is 4.67 Å². The molecule has 1 aliphatic heterocycles. The molecular weight excluding hydrogens is 397 g/mol. The summed E-state index contributed by atoms with van der Waals surface area (Å²) < 4.78 is 17.4. The van der Waals surface area contributed by atoms with Gasteiger partial charge in [-0.25, -0.2) is 0 Å². The van der Waals surface area contributed by atoms with Crippen LogP contribution in [0.25, 0.3) is 21.5 Å². The molecule has 156 valence electrons. The molecule has 3 atom stereocenters. The third kappa shape index (κ3) is 3.17. The number of allylic oxidation sites excluding steroid dienone is 2. The van der Waals surface area contributed by atoms with Crippen LogP contribution in [0.1, 0.15) is 36.3 Å². The molecule has 0 fully saturated rings. The zero-order valence-corrected chi connectivity index (χ0v) is 19.0. The number of benzene rings is 4. The highest BCUT2D eigenvalue weighted by molar-refractivity contribution is 7.63. The monoisotopic (exact) mass is 425 g/mol. The fourth-order valence-corrected chi connectivity index (χ4v) is 9.14. The van der Waals surface area contributed by atoms with E-state index in [9.17, 15) is 0 Å². The minimum absolute atomic E-state index is 0.109. The van der Waals surface area contributed by atoms with Gasteiger partial charge in [0.2, 0.25) is 0 Å². The molecule has 0 spiro atoms. The summed E-state index contributed by atoms with van der Waals surface area (Å²) in [6, 6.07) is 29.7. The smallest absolute Gasteiger partial charge is 0.172 e. The summed E-state index contributed by atoms with van der Waals surface area (Å²) in [5.41, 5.74) is 2.13. The molecule has 1 aliphatic rings. The molecule has 1 unspecified atom stereocenters. The Morgan fingerprint density at radius 3 is 1.52 bits per heavy atom. The van der Waals surface area contributed by atoms with E-state index in [-0.39, 0.29) is 11.3 Å². The third-order valence-corrected chi connectivity index (χ3v) is 10.7. The van der Waals surface area contributed by atoms with Crippen LogP contribution in [-0.4, -0.2) is 17.8 Å². The Bertz CT molecular complexity index is 1220. The molecule has 5 rings (SSSR count). The predicted octanol–water partition coefficient (Wildman–Crippen LogP) is 7.97. The molecule has 31 heavy (non-hydrogen) atoms. The van der Waals surface area contributed by atoms with E-state index in [0.29, 0.717) is 0 Å². The first-order valence-corrected chi connectivity index (χ1v) is 13.0. The van der Waals surface area contributed by atoms with Gasteiger partial charge in [0, 0.05) is 13.1 Å². The van der Waals surface area contributed by atoms with E-state index >= 15 is 4.57 Å². The van der Waals surface area contributed by atoms with Gasteiger partial charge in [0.25, 0.3) is 0 Å². The van der Waals surface area contributed by atoms with Crippen LogP contribution in [0, 0.1) is 0 Å². The minimum atomic E-state index is -2.83.